The highest BCUT2D eigenvalue weighted by atomic mass is 35.5. The van der Waals surface area contributed by atoms with Crippen molar-refractivity contribution in [3.8, 4) is 0 Å². The standard InChI is InChI=1S/C13H14Cl2N2O2/c14-9-2-3-10(11(15)6-9)13-8-19-7-12(18)17(13)5-1-4-16-13/h2-3,6,16H,1,4-5,7-8H2. The number of halogens is 2. The molecule has 2 aliphatic rings. The monoisotopic (exact) mass is 300 g/mol. The Morgan fingerprint density at radius 2 is 2.21 bits per heavy atom. The maximum Gasteiger partial charge on any atom is 0.250 e. The van der Waals surface area contributed by atoms with Gasteiger partial charge in [-0.05, 0) is 25.1 Å². The normalized spacial score (nSPS) is 27.3. The van der Waals surface area contributed by atoms with Crippen LogP contribution in [0.4, 0.5) is 0 Å². The number of morpholine rings is 1. The molecule has 2 heterocycles. The summed E-state index contributed by atoms with van der Waals surface area (Å²) in [7, 11) is 0. The molecule has 0 spiro atoms. The zero-order valence-corrected chi connectivity index (χ0v) is 11.8. The molecule has 0 radical (unpaired) electrons. The summed E-state index contributed by atoms with van der Waals surface area (Å²) in [5.74, 6) is -0.00975. The van der Waals surface area contributed by atoms with Crippen molar-refractivity contribution in [2.75, 3.05) is 26.3 Å². The highest BCUT2D eigenvalue weighted by Gasteiger charge is 2.47. The number of amides is 1. The minimum absolute atomic E-state index is 0.00975. The third kappa shape index (κ3) is 2.13. The maximum atomic E-state index is 12.1. The van der Waals surface area contributed by atoms with E-state index in [9.17, 15) is 4.79 Å². The quantitative estimate of drug-likeness (QED) is 0.862. The minimum Gasteiger partial charge on any atom is -0.367 e. The predicted octanol–water partition coefficient (Wildman–Crippen LogP) is 2.00. The number of carbonyl (C=O) groups excluding carboxylic acids is 1. The van der Waals surface area contributed by atoms with Gasteiger partial charge in [0, 0.05) is 22.2 Å². The van der Waals surface area contributed by atoms with Gasteiger partial charge in [-0.25, -0.2) is 0 Å². The van der Waals surface area contributed by atoms with Gasteiger partial charge in [0.25, 0.3) is 0 Å². The number of nitrogens with one attached hydrogen (secondary N) is 1. The molecule has 4 nitrogen and oxygen atoms in total. The van der Waals surface area contributed by atoms with Gasteiger partial charge in [0.1, 0.15) is 12.3 Å². The van der Waals surface area contributed by atoms with Crippen molar-refractivity contribution in [3.63, 3.8) is 0 Å². The lowest BCUT2D eigenvalue weighted by Gasteiger charge is -2.50. The fraction of sp³-hybridized carbons (Fsp3) is 0.462. The zero-order chi connectivity index (χ0) is 13.5. The predicted molar refractivity (Wildman–Crippen MR) is 73.3 cm³/mol. The Labute approximate surface area is 121 Å². The largest absolute Gasteiger partial charge is 0.367 e. The van der Waals surface area contributed by atoms with Crippen LogP contribution in [0.5, 0.6) is 0 Å². The number of benzene rings is 1. The molecule has 2 aliphatic heterocycles. The van der Waals surface area contributed by atoms with Gasteiger partial charge in [0.2, 0.25) is 5.91 Å². The Morgan fingerprint density at radius 3 is 3.00 bits per heavy atom. The second-order valence-corrected chi connectivity index (χ2v) is 5.65. The van der Waals surface area contributed by atoms with Crippen LogP contribution in [-0.4, -0.2) is 37.1 Å². The maximum absolute atomic E-state index is 12.1. The van der Waals surface area contributed by atoms with Crippen molar-refractivity contribution in [2.45, 2.75) is 12.1 Å². The third-order valence-electron chi connectivity index (χ3n) is 3.65. The van der Waals surface area contributed by atoms with E-state index in [1.54, 1.807) is 12.1 Å². The van der Waals surface area contributed by atoms with Gasteiger partial charge in [0.05, 0.1) is 6.61 Å². The van der Waals surface area contributed by atoms with E-state index >= 15 is 0 Å². The first-order chi connectivity index (χ1) is 9.13. The molecular formula is C13H14Cl2N2O2. The van der Waals surface area contributed by atoms with Crippen molar-refractivity contribution in [1.29, 1.82) is 0 Å². The number of carbonyl (C=O) groups is 1. The number of ether oxygens (including phenoxy) is 1. The summed E-state index contributed by atoms with van der Waals surface area (Å²) < 4.78 is 5.45. The molecule has 1 aromatic rings. The number of nitrogens with zero attached hydrogens (tertiary/aromatic N) is 1. The third-order valence-corrected chi connectivity index (χ3v) is 4.20. The van der Waals surface area contributed by atoms with E-state index in [0.29, 0.717) is 23.2 Å². The van der Waals surface area contributed by atoms with Gasteiger partial charge < -0.3 is 9.64 Å². The number of hydrogen-bond acceptors (Lipinski definition) is 3. The summed E-state index contributed by atoms with van der Waals surface area (Å²) in [6.45, 7) is 2.08. The number of fused-ring (bicyclic) bond motifs is 1. The Hall–Kier alpha value is -0.810. The van der Waals surface area contributed by atoms with Crippen molar-refractivity contribution in [1.82, 2.24) is 10.2 Å². The van der Waals surface area contributed by atoms with E-state index < -0.39 is 5.66 Å². The van der Waals surface area contributed by atoms with E-state index in [1.165, 1.54) is 0 Å². The molecule has 1 amide bonds. The average Bonchev–Trinajstić information content (AvgIpc) is 2.39. The van der Waals surface area contributed by atoms with Gasteiger partial charge in [0.15, 0.2) is 0 Å². The van der Waals surface area contributed by atoms with E-state index in [-0.39, 0.29) is 12.5 Å². The highest BCUT2D eigenvalue weighted by Crippen LogP contribution is 2.37. The lowest BCUT2D eigenvalue weighted by atomic mass is 9.94. The molecule has 1 atom stereocenters. The molecule has 6 heteroatoms. The molecular weight excluding hydrogens is 287 g/mol. The van der Waals surface area contributed by atoms with E-state index in [4.69, 9.17) is 27.9 Å². The average molecular weight is 301 g/mol. The van der Waals surface area contributed by atoms with Crippen LogP contribution in [-0.2, 0) is 15.2 Å². The summed E-state index contributed by atoms with van der Waals surface area (Å²) in [5, 5.41) is 4.52. The highest BCUT2D eigenvalue weighted by molar-refractivity contribution is 6.35. The Kier molecular flexibility index (Phi) is 3.43. The summed E-state index contributed by atoms with van der Waals surface area (Å²) >= 11 is 12.2. The fourth-order valence-corrected chi connectivity index (χ4v) is 3.36. The van der Waals surface area contributed by atoms with Gasteiger partial charge in [-0.1, -0.05) is 29.3 Å². The second-order valence-electron chi connectivity index (χ2n) is 4.80. The molecule has 2 saturated heterocycles. The van der Waals surface area contributed by atoms with Crippen molar-refractivity contribution in [3.05, 3.63) is 33.8 Å². The molecule has 2 fully saturated rings. The molecule has 0 saturated carbocycles. The van der Waals surface area contributed by atoms with Crippen molar-refractivity contribution in [2.24, 2.45) is 0 Å². The van der Waals surface area contributed by atoms with Gasteiger partial charge in [-0.15, -0.1) is 0 Å². The van der Waals surface area contributed by atoms with Crippen molar-refractivity contribution >= 4 is 29.1 Å². The number of rotatable bonds is 1. The van der Waals surface area contributed by atoms with Crippen LogP contribution in [0, 0.1) is 0 Å². The first kappa shape index (κ1) is 13.2. The summed E-state index contributed by atoms with van der Waals surface area (Å²) in [6, 6.07) is 5.34. The van der Waals surface area contributed by atoms with E-state index in [1.807, 2.05) is 11.0 Å². The molecule has 0 aliphatic carbocycles. The molecule has 1 N–H and O–H groups in total. The molecule has 1 unspecified atom stereocenters. The fourth-order valence-electron chi connectivity index (χ4n) is 2.79. The summed E-state index contributed by atoms with van der Waals surface area (Å²) in [6.07, 6.45) is 0.929. The van der Waals surface area contributed by atoms with Crippen LogP contribution in [0.15, 0.2) is 18.2 Å². The number of hydrogen-bond donors (Lipinski definition) is 1. The van der Waals surface area contributed by atoms with Crippen LogP contribution < -0.4 is 5.32 Å². The van der Waals surface area contributed by atoms with Crippen LogP contribution >= 0.6 is 23.2 Å². The second kappa shape index (κ2) is 4.94. The smallest absolute Gasteiger partial charge is 0.250 e. The van der Waals surface area contributed by atoms with Crippen LogP contribution in [0.2, 0.25) is 10.0 Å². The minimum atomic E-state index is -0.657. The van der Waals surface area contributed by atoms with Gasteiger partial charge in [-0.3, -0.25) is 10.1 Å². The Balaban J connectivity index is 2.09. The van der Waals surface area contributed by atoms with Gasteiger partial charge in [-0.2, -0.15) is 0 Å². The molecule has 19 heavy (non-hydrogen) atoms. The van der Waals surface area contributed by atoms with E-state index in [0.717, 1.165) is 18.5 Å². The van der Waals surface area contributed by atoms with Crippen LogP contribution in [0.3, 0.4) is 0 Å². The van der Waals surface area contributed by atoms with Crippen LogP contribution in [0.1, 0.15) is 12.0 Å². The molecule has 1 aromatic carbocycles. The lowest BCUT2D eigenvalue weighted by Crippen LogP contribution is -2.67. The summed E-state index contributed by atoms with van der Waals surface area (Å²) in [4.78, 5) is 13.9. The molecule has 3 rings (SSSR count). The molecule has 0 bridgehead atoms. The van der Waals surface area contributed by atoms with Crippen LogP contribution in [0.25, 0.3) is 0 Å². The molecule has 102 valence electrons. The van der Waals surface area contributed by atoms with Crippen molar-refractivity contribution < 1.29 is 9.53 Å². The first-order valence-electron chi connectivity index (χ1n) is 6.22. The summed E-state index contributed by atoms with van der Waals surface area (Å²) in [5.41, 5.74) is 0.182. The molecule has 0 aromatic heterocycles. The Bertz CT molecular complexity index is 519. The zero-order valence-electron chi connectivity index (χ0n) is 10.3. The Morgan fingerprint density at radius 1 is 1.37 bits per heavy atom. The van der Waals surface area contributed by atoms with Gasteiger partial charge >= 0.3 is 0 Å². The van der Waals surface area contributed by atoms with E-state index in [2.05, 4.69) is 5.32 Å². The SMILES string of the molecule is O=C1COCC2(c3ccc(Cl)cc3Cl)NCCCN12. The topological polar surface area (TPSA) is 41.6 Å². The first-order valence-corrected chi connectivity index (χ1v) is 6.98. The lowest BCUT2D eigenvalue weighted by molar-refractivity contribution is -0.167.